The zero-order chi connectivity index (χ0) is 21.4. The van der Waals surface area contributed by atoms with E-state index in [1.807, 2.05) is 0 Å². The standard InChI is InChI=1S/C18H13F4N3O3S/c1-29(27,28)14-4-2-3-12(9-14)24-17(26)15-10-23-25(16(15)18(20,21)22)13-7-5-11(19)6-8-13/h2-10H,1H3,(H,24,26). The molecule has 0 bridgehead atoms. The van der Waals surface area contributed by atoms with Crippen LogP contribution in [0.25, 0.3) is 5.69 Å². The third-order valence-electron chi connectivity index (χ3n) is 3.87. The van der Waals surface area contributed by atoms with E-state index in [-0.39, 0.29) is 16.3 Å². The molecule has 0 aliphatic heterocycles. The van der Waals surface area contributed by atoms with Crippen molar-refractivity contribution in [2.75, 3.05) is 11.6 Å². The molecule has 0 saturated carbocycles. The van der Waals surface area contributed by atoms with Crippen molar-refractivity contribution in [3.63, 3.8) is 0 Å². The number of halogens is 4. The summed E-state index contributed by atoms with van der Waals surface area (Å²) in [6.07, 6.45) is -3.24. The fraction of sp³-hybridized carbons (Fsp3) is 0.111. The molecule has 0 aliphatic carbocycles. The number of alkyl halides is 3. The van der Waals surface area contributed by atoms with Gasteiger partial charge in [0.1, 0.15) is 5.82 Å². The first-order valence-corrected chi connectivity index (χ1v) is 9.88. The highest BCUT2D eigenvalue weighted by Gasteiger charge is 2.40. The fourth-order valence-corrected chi connectivity index (χ4v) is 3.24. The minimum absolute atomic E-state index is 0.000539. The average molecular weight is 427 g/mol. The second-order valence-corrected chi connectivity index (χ2v) is 8.06. The maximum Gasteiger partial charge on any atom is 0.434 e. The summed E-state index contributed by atoms with van der Waals surface area (Å²) < 4.78 is 77.7. The highest BCUT2D eigenvalue weighted by molar-refractivity contribution is 7.90. The van der Waals surface area contributed by atoms with E-state index in [4.69, 9.17) is 0 Å². The van der Waals surface area contributed by atoms with Crippen molar-refractivity contribution in [3.8, 4) is 5.69 Å². The van der Waals surface area contributed by atoms with E-state index in [1.54, 1.807) is 0 Å². The van der Waals surface area contributed by atoms with Crippen LogP contribution in [0.1, 0.15) is 16.1 Å². The summed E-state index contributed by atoms with van der Waals surface area (Å²) in [4.78, 5) is 12.4. The number of benzene rings is 2. The van der Waals surface area contributed by atoms with E-state index in [0.717, 1.165) is 42.8 Å². The molecule has 0 aliphatic rings. The number of nitrogens with zero attached hydrogens (tertiary/aromatic N) is 2. The molecule has 1 heterocycles. The zero-order valence-corrected chi connectivity index (χ0v) is 15.6. The molecule has 0 fully saturated rings. The normalized spacial score (nSPS) is 12.0. The summed E-state index contributed by atoms with van der Waals surface area (Å²) >= 11 is 0. The fourth-order valence-electron chi connectivity index (χ4n) is 2.57. The lowest BCUT2D eigenvalue weighted by atomic mass is 10.2. The molecule has 29 heavy (non-hydrogen) atoms. The Kier molecular flexibility index (Phi) is 5.18. The van der Waals surface area contributed by atoms with Gasteiger partial charge in [0.05, 0.1) is 22.3 Å². The number of carbonyl (C=O) groups excluding carboxylic acids is 1. The van der Waals surface area contributed by atoms with Crippen LogP contribution in [0.2, 0.25) is 0 Å². The lowest BCUT2D eigenvalue weighted by molar-refractivity contribution is -0.143. The molecule has 0 atom stereocenters. The van der Waals surface area contributed by atoms with Gasteiger partial charge in [-0.15, -0.1) is 0 Å². The molecule has 0 radical (unpaired) electrons. The van der Waals surface area contributed by atoms with Gasteiger partial charge in [0, 0.05) is 11.9 Å². The van der Waals surface area contributed by atoms with Gasteiger partial charge in [-0.3, -0.25) is 4.79 Å². The third-order valence-corrected chi connectivity index (χ3v) is 4.98. The van der Waals surface area contributed by atoms with E-state index in [9.17, 15) is 30.8 Å². The molecule has 6 nitrogen and oxygen atoms in total. The van der Waals surface area contributed by atoms with Crippen LogP contribution in [0.5, 0.6) is 0 Å². The van der Waals surface area contributed by atoms with Crippen molar-refractivity contribution >= 4 is 21.4 Å². The Bertz CT molecular complexity index is 1170. The number of hydrogen-bond acceptors (Lipinski definition) is 4. The SMILES string of the molecule is CS(=O)(=O)c1cccc(NC(=O)c2cnn(-c3ccc(F)cc3)c2C(F)(F)F)c1. The largest absolute Gasteiger partial charge is 0.434 e. The Labute approximate surface area is 162 Å². The van der Waals surface area contributed by atoms with Crippen molar-refractivity contribution in [3.05, 3.63) is 71.8 Å². The first-order valence-electron chi connectivity index (χ1n) is 7.99. The molecule has 3 aromatic rings. The van der Waals surface area contributed by atoms with Crippen LogP contribution in [0.15, 0.2) is 59.6 Å². The second-order valence-electron chi connectivity index (χ2n) is 6.05. The molecule has 11 heteroatoms. The van der Waals surface area contributed by atoms with Gasteiger partial charge >= 0.3 is 6.18 Å². The minimum atomic E-state index is -4.94. The number of sulfone groups is 1. The Hall–Kier alpha value is -3.21. The van der Waals surface area contributed by atoms with Gasteiger partial charge in [0.15, 0.2) is 15.5 Å². The summed E-state index contributed by atoms with van der Waals surface area (Å²) in [5, 5.41) is 5.86. The maximum atomic E-state index is 13.6. The van der Waals surface area contributed by atoms with Crippen LogP contribution in [-0.4, -0.2) is 30.4 Å². The van der Waals surface area contributed by atoms with Crippen molar-refractivity contribution in [1.82, 2.24) is 9.78 Å². The Balaban J connectivity index is 2.01. The van der Waals surface area contributed by atoms with Gasteiger partial charge in [-0.2, -0.15) is 18.3 Å². The predicted octanol–water partition coefficient (Wildman–Crippen LogP) is 3.69. The highest BCUT2D eigenvalue weighted by Crippen LogP contribution is 2.34. The summed E-state index contributed by atoms with van der Waals surface area (Å²) in [7, 11) is -3.57. The summed E-state index contributed by atoms with van der Waals surface area (Å²) in [5.41, 5.74) is -2.20. The number of hydrogen-bond donors (Lipinski definition) is 1. The number of rotatable bonds is 4. The molecule has 0 unspecified atom stereocenters. The Morgan fingerprint density at radius 1 is 1.10 bits per heavy atom. The molecular weight excluding hydrogens is 414 g/mol. The van der Waals surface area contributed by atoms with Gasteiger partial charge in [0.2, 0.25) is 0 Å². The van der Waals surface area contributed by atoms with Gasteiger partial charge in [-0.1, -0.05) is 6.07 Å². The molecular formula is C18H13F4N3O3S. The first-order chi connectivity index (χ1) is 13.5. The van der Waals surface area contributed by atoms with E-state index >= 15 is 0 Å². The van der Waals surface area contributed by atoms with Crippen LogP contribution >= 0.6 is 0 Å². The lowest BCUT2D eigenvalue weighted by Crippen LogP contribution is -2.20. The van der Waals surface area contributed by atoms with E-state index in [2.05, 4.69) is 10.4 Å². The first kappa shape index (κ1) is 20.5. The van der Waals surface area contributed by atoms with Gasteiger partial charge in [0.25, 0.3) is 5.91 Å². The van der Waals surface area contributed by atoms with Gasteiger partial charge in [-0.05, 0) is 42.5 Å². The molecule has 0 spiro atoms. The average Bonchev–Trinajstić information content (AvgIpc) is 3.07. The monoisotopic (exact) mass is 427 g/mol. The molecule has 2 aromatic carbocycles. The number of anilines is 1. The molecule has 1 amide bonds. The maximum absolute atomic E-state index is 13.6. The molecule has 1 N–H and O–H groups in total. The molecule has 3 rings (SSSR count). The quantitative estimate of drug-likeness (QED) is 0.644. The Morgan fingerprint density at radius 2 is 1.76 bits per heavy atom. The van der Waals surface area contributed by atoms with Crippen molar-refractivity contribution in [2.45, 2.75) is 11.1 Å². The number of amides is 1. The molecule has 1 aromatic heterocycles. The highest BCUT2D eigenvalue weighted by atomic mass is 32.2. The van der Waals surface area contributed by atoms with Gasteiger partial charge in [-0.25, -0.2) is 17.5 Å². The van der Waals surface area contributed by atoms with E-state index in [1.165, 1.54) is 18.2 Å². The van der Waals surface area contributed by atoms with E-state index < -0.39 is 39.0 Å². The minimum Gasteiger partial charge on any atom is -0.322 e. The smallest absolute Gasteiger partial charge is 0.322 e. The van der Waals surface area contributed by atoms with Crippen molar-refractivity contribution in [1.29, 1.82) is 0 Å². The van der Waals surface area contributed by atoms with E-state index in [0.29, 0.717) is 4.68 Å². The van der Waals surface area contributed by atoms with Crippen LogP contribution < -0.4 is 5.32 Å². The molecule has 152 valence electrons. The zero-order valence-electron chi connectivity index (χ0n) is 14.7. The van der Waals surface area contributed by atoms with Gasteiger partial charge < -0.3 is 5.32 Å². The number of nitrogens with one attached hydrogen (secondary N) is 1. The number of carbonyl (C=O) groups is 1. The molecule has 0 saturated heterocycles. The van der Waals surface area contributed by atoms with Crippen LogP contribution in [-0.2, 0) is 16.0 Å². The topological polar surface area (TPSA) is 81.1 Å². The third kappa shape index (κ3) is 4.45. The van der Waals surface area contributed by atoms with Crippen LogP contribution in [0, 0.1) is 5.82 Å². The van der Waals surface area contributed by atoms with Crippen molar-refractivity contribution < 1.29 is 30.8 Å². The van der Waals surface area contributed by atoms with Crippen LogP contribution in [0.4, 0.5) is 23.2 Å². The van der Waals surface area contributed by atoms with Crippen LogP contribution in [0.3, 0.4) is 0 Å². The summed E-state index contributed by atoms with van der Waals surface area (Å²) in [6, 6.07) is 9.22. The second kappa shape index (κ2) is 7.32. The Morgan fingerprint density at radius 3 is 2.34 bits per heavy atom. The lowest BCUT2D eigenvalue weighted by Gasteiger charge is -2.13. The summed E-state index contributed by atoms with van der Waals surface area (Å²) in [5.74, 6) is -1.77. The van der Waals surface area contributed by atoms with Crippen molar-refractivity contribution in [2.24, 2.45) is 0 Å². The number of aromatic nitrogens is 2. The predicted molar refractivity (Wildman–Crippen MR) is 96.0 cm³/mol. The summed E-state index contributed by atoms with van der Waals surface area (Å²) in [6.45, 7) is 0.